The third kappa shape index (κ3) is 5.97. The lowest BCUT2D eigenvalue weighted by atomic mass is 9.97. The highest BCUT2D eigenvalue weighted by Crippen LogP contribution is 2.44. The van der Waals surface area contributed by atoms with Gasteiger partial charge in [-0.3, -0.25) is 0 Å². The minimum absolute atomic E-state index is 0.162. The Hall–Kier alpha value is -5.21. The predicted molar refractivity (Wildman–Crippen MR) is 134 cm³/mol. The van der Waals surface area contributed by atoms with Crippen molar-refractivity contribution in [3.8, 4) is 11.5 Å². The second kappa shape index (κ2) is 11.1. The van der Waals surface area contributed by atoms with Gasteiger partial charge in [-0.2, -0.15) is 26.3 Å². The van der Waals surface area contributed by atoms with Gasteiger partial charge < -0.3 is 9.47 Å². The quantitative estimate of drug-likeness (QED) is 0.0644. The van der Waals surface area contributed by atoms with Crippen molar-refractivity contribution in [3.05, 3.63) is 118 Å². The van der Waals surface area contributed by atoms with Crippen LogP contribution in [0.3, 0.4) is 0 Å². The Bertz CT molecular complexity index is 2030. The average molecular weight is 644 g/mol. The number of benzene rings is 5. The van der Waals surface area contributed by atoms with Crippen LogP contribution in [0.4, 0.5) is 48.3 Å². The molecule has 45 heavy (non-hydrogen) atoms. The second-order valence-electron chi connectivity index (χ2n) is 9.33. The first kappa shape index (κ1) is 31.2. The third-order valence-electron chi connectivity index (χ3n) is 6.46. The Kier molecular flexibility index (Phi) is 7.67. The molecule has 0 heterocycles. The first-order valence-corrected chi connectivity index (χ1v) is 12.2. The lowest BCUT2D eigenvalue weighted by Gasteiger charge is -2.17. The van der Waals surface area contributed by atoms with Gasteiger partial charge in [0.05, 0.1) is 22.3 Å². The molecule has 0 amide bonds. The average Bonchev–Trinajstić information content (AvgIpc) is 2.95. The normalized spacial score (nSPS) is 12.1. The molecule has 5 aromatic rings. The fourth-order valence-corrected chi connectivity index (χ4v) is 4.35. The SMILES string of the molecule is O=C(Oc1cc2ccc3cc(OC(=O)c4ccc(F)c(F)c4F)c(C(F)(F)F)cc3c2cc1C(F)(F)F)c1ccc(F)c(F)c1. The van der Waals surface area contributed by atoms with E-state index in [1.54, 1.807) is 0 Å². The van der Waals surface area contributed by atoms with Gasteiger partial charge in [0, 0.05) is 0 Å². The number of hydrogen-bond donors (Lipinski definition) is 0. The van der Waals surface area contributed by atoms with Crippen molar-refractivity contribution in [2.45, 2.75) is 12.4 Å². The molecule has 0 saturated heterocycles. The first-order chi connectivity index (χ1) is 21.0. The summed E-state index contributed by atoms with van der Waals surface area (Å²) in [6.45, 7) is 0. The van der Waals surface area contributed by atoms with E-state index >= 15 is 0 Å². The summed E-state index contributed by atoms with van der Waals surface area (Å²) in [5.41, 5.74) is -5.18. The summed E-state index contributed by atoms with van der Waals surface area (Å²) < 4.78 is 161. The predicted octanol–water partition coefficient (Wildman–Crippen LogP) is 9.16. The van der Waals surface area contributed by atoms with Crippen LogP contribution in [0.5, 0.6) is 11.5 Å². The van der Waals surface area contributed by atoms with Crippen molar-refractivity contribution >= 4 is 33.5 Å². The Morgan fingerprint density at radius 2 is 1.00 bits per heavy atom. The highest BCUT2D eigenvalue weighted by Gasteiger charge is 2.38. The summed E-state index contributed by atoms with van der Waals surface area (Å²) in [6, 6.07) is 6.78. The fourth-order valence-electron chi connectivity index (χ4n) is 4.35. The van der Waals surface area contributed by atoms with Crippen LogP contribution in [0.2, 0.25) is 0 Å². The van der Waals surface area contributed by atoms with E-state index in [0.29, 0.717) is 48.5 Å². The number of fused-ring (bicyclic) bond motifs is 3. The monoisotopic (exact) mass is 644 g/mol. The van der Waals surface area contributed by atoms with Gasteiger partial charge in [-0.15, -0.1) is 0 Å². The van der Waals surface area contributed by atoms with Crippen LogP contribution in [0, 0.1) is 29.1 Å². The highest BCUT2D eigenvalue weighted by atomic mass is 19.4. The lowest BCUT2D eigenvalue weighted by molar-refractivity contribution is -0.139. The summed E-state index contributed by atoms with van der Waals surface area (Å²) in [5.74, 6) is -14.3. The van der Waals surface area contributed by atoms with Crippen LogP contribution in [0.25, 0.3) is 21.5 Å². The number of alkyl halides is 6. The zero-order chi connectivity index (χ0) is 33.0. The molecule has 0 radical (unpaired) electrons. The molecule has 0 aliphatic heterocycles. The summed E-state index contributed by atoms with van der Waals surface area (Å²) >= 11 is 0. The van der Waals surface area contributed by atoms with E-state index in [0.717, 1.165) is 18.2 Å². The zero-order valence-corrected chi connectivity index (χ0v) is 21.6. The van der Waals surface area contributed by atoms with Crippen LogP contribution in [-0.4, -0.2) is 11.9 Å². The lowest BCUT2D eigenvalue weighted by Crippen LogP contribution is -2.16. The number of rotatable bonds is 4. The Morgan fingerprint density at radius 1 is 0.511 bits per heavy atom. The summed E-state index contributed by atoms with van der Waals surface area (Å²) in [5, 5.41) is -1.24. The molecule has 5 rings (SSSR count). The third-order valence-corrected chi connectivity index (χ3v) is 6.46. The maximum Gasteiger partial charge on any atom is 0.420 e. The van der Waals surface area contributed by atoms with Crippen LogP contribution in [0.15, 0.2) is 66.7 Å². The molecule has 0 bridgehead atoms. The number of halogens is 11. The Balaban J connectivity index is 1.63. The largest absolute Gasteiger partial charge is 0.422 e. The van der Waals surface area contributed by atoms with Crippen molar-refractivity contribution in [1.82, 2.24) is 0 Å². The molecule has 0 fully saturated rings. The van der Waals surface area contributed by atoms with Crippen LogP contribution in [0.1, 0.15) is 31.8 Å². The smallest absolute Gasteiger partial charge is 0.420 e. The van der Waals surface area contributed by atoms with E-state index in [1.165, 1.54) is 0 Å². The van der Waals surface area contributed by atoms with Crippen molar-refractivity contribution in [3.63, 3.8) is 0 Å². The minimum atomic E-state index is -5.30. The number of esters is 2. The molecule has 0 aliphatic rings. The van der Waals surface area contributed by atoms with Crippen LogP contribution in [-0.2, 0) is 12.4 Å². The molecule has 0 aliphatic carbocycles. The second-order valence-corrected chi connectivity index (χ2v) is 9.33. The molecule has 0 N–H and O–H groups in total. The number of carbonyl (C=O) groups excluding carboxylic acids is 2. The van der Waals surface area contributed by atoms with Gasteiger partial charge in [0.25, 0.3) is 0 Å². The van der Waals surface area contributed by atoms with Gasteiger partial charge in [0.1, 0.15) is 11.5 Å². The fraction of sp³-hybridized carbons (Fsp3) is 0.0667. The molecule has 5 aromatic carbocycles. The van der Waals surface area contributed by atoms with Gasteiger partial charge >= 0.3 is 24.3 Å². The molecule has 0 atom stereocenters. The molecule has 4 nitrogen and oxygen atoms in total. The van der Waals surface area contributed by atoms with E-state index < -0.39 is 97.9 Å². The van der Waals surface area contributed by atoms with Crippen LogP contribution < -0.4 is 9.47 Å². The summed E-state index contributed by atoms with van der Waals surface area (Å²) in [6.07, 6.45) is -10.5. The molecule has 0 aromatic heterocycles. The molecular formula is C30H11F11O4. The summed E-state index contributed by atoms with van der Waals surface area (Å²) in [4.78, 5) is 24.9. The van der Waals surface area contributed by atoms with Crippen molar-refractivity contribution in [2.75, 3.05) is 0 Å². The number of hydrogen-bond acceptors (Lipinski definition) is 4. The minimum Gasteiger partial charge on any atom is -0.422 e. The Morgan fingerprint density at radius 3 is 1.49 bits per heavy atom. The topological polar surface area (TPSA) is 52.6 Å². The number of ether oxygens (including phenoxy) is 2. The van der Waals surface area contributed by atoms with Crippen molar-refractivity contribution < 1.29 is 67.4 Å². The van der Waals surface area contributed by atoms with Gasteiger partial charge in [-0.1, -0.05) is 12.1 Å². The van der Waals surface area contributed by atoms with E-state index in [4.69, 9.17) is 4.74 Å². The zero-order valence-electron chi connectivity index (χ0n) is 21.6. The van der Waals surface area contributed by atoms with Gasteiger partial charge in [-0.05, 0) is 76.1 Å². The van der Waals surface area contributed by atoms with E-state index in [9.17, 15) is 57.9 Å². The van der Waals surface area contributed by atoms with E-state index in [-0.39, 0.29) is 10.8 Å². The molecule has 0 saturated carbocycles. The molecule has 232 valence electrons. The van der Waals surface area contributed by atoms with E-state index in [2.05, 4.69) is 4.74 Å². The summed E-state index contributed by atoms with van der Waals surface area (Å²) in [7, 11) is 0. The molecule has 15 heteroatoms. The van der Waals surface area contributed by atoms with E-state index in [1.807, 2.05) is 0 Å². The maximum atomic E-state index is 14.1. The van der Waals surface area contributed by atoms with Crippen molar-refractivity contribution in [2.24, 2.45) is 0 Å². The van der Waals surface area contributed by atoms with Crippen LogP contribution >= 0.6 is 0 Å². The molecule has 0 unspecified atom stereocenters. The van der Waals surface area contributed by atoms with Gasteiger partial charge in [-0.25, -0.2) is 31.5 Å². The first-order valence-electron chi connectivity index (χ1n) is 12.2. The van der Waals surface area contributed by atoms with Gasteiger partial charge in [0.2, 0.25) is 0 Å². The number of carbonyl (C=O) groups is 2. The Labute approximate surface area is 243 Å². The maximum absolute atomic E-state index is 14.1. The van der Waals surface area contributed by atoms with Gasteiger partial charge in [0.15, 0.2) is 29.1 Å². The standard InChI is InChI=1S/C30H11F11O4/c31-20-5-3-14(7-22(20)33)27(42)44-23-8-12-1-2-13-9-24(45-28(43)15-4-6-21(32)26(35)25(15)34)19(30(39,40)41)11-17(13)16(12)10-18(23)29(36,37)38/h1-11H. The molecule has 0 spiro atoms. The molecular weight excluding hydrogens is 633 g/mol. The highest BCUT2D eigenvalue weighted by molar-refractivity contribution is 6.09. The van der Waals surface area contributed by atoms with Crippen molar-refractivity contribution in [1.29, 1.82) is 0 Å².